The van der Waals surface area contributed by atoms with Crippen molar-refractivity contribution in [1.29, 1.82) is 0 Å². The first kappa shape index (κ1) is 20.2. The van der Waals surface area contributed by atoms with Gasteiger partial charge in [-0.2, -0.15) is 0 Å². The van der Waals surface area contributed by atoms with E-state index in [2.05, 4.69) is 5.32 Å². The maximum atomic E-state index is 12.6. The van der Waals surface area contributed by atoms with Gasteiger partial charge in [-0.15, -0.1) is 0 Å². The first-order valence-corrected chi connectivity index (χ1v) is 8.88. The molecule has 5 nitrogen and oxygen atoms in total. The molecule has 0 spiro atoms. The highest BCUT2D eigenvalue weighted by atomic mass is 35.5. The predicted octanol–water partition coefficient (Wildman–Crippen LogP) is 4.61. The van der Waals surface area contributed by atoms with Crippen LogP contribution in [0, 0.1) is 0 Å². The summed E-state index contributed by atoms with van der Waals surface area (Å²) in [6.45, 7) is 2.13. The number of carbonyl (C=O) groups excluding carboxylic acids is 2. The third kappa shape index (κ3) is 5.73. The van der Waals surface area contributed by atoms with Crippen LogP contribution in [-0.4, -0.2) is 35.0 Å². The Hall–Kier alpha value is -2.08. The molecule has 0 radical (unpaired) electrons. The number of hydrogen-bond donors (Lipinski definition) is 2. The van der Waals surface area contributed by atoms with Crippen molar-refractivity contribution >= 4 is 40.7 Å². The van der Waals surface area contributed by atoms with Gasteiger partial charge in [0.2, 0.25) is 0 Å². The molecule has 2 N–H and O–H groups in total. The van der Waals surface area contributed by atoms with E-state index in [1.54, 1.807) is 47.4 Å². The standard InChI is InChI=1S/C19H20Cl2N2O3/c1-13(25)15-4-2-5-16(11-15)22-19(26)23(8-3-9-24)12-14-6-7-17(20)18(21)10-14/h2,4-7,10-11,24H,3,8-9,12H2,1H3,(H,22,26). The molecule has 0 saturated carbocycles. The summed E-state index contributed by atoms with van der Waals surface area (Å²) in [5.74, 6) is -0.0750. The van der Waals surface area contributed by atoms with E-state index in [9.17, 15) is 9.59 Å². The number of halogens is 2. The molecule has 0 aliphatic rings. The van der Waals surface area contributed by atoms with Crippen molar-refractivity contribution in [3.05, 3.63) is 63.6 Å². The second-order valence-electron chi connectivity index (χ2n) is 5.81. The van der Waals surface area contributed by atoms with Gasteiger partial charge in [-0.05, 0) is 43.2 Å². The summed E-state index contributed by atoms with van der Waals surface area (Å²) in [4.78, 5) is 25.7. The van der Waals surface area contributed by atoms with Gasteiger partial charge in [-0.3, -0.25) is 4.79 Å². The zero-order chi connectivity index (χ0) is 19.1. The van der Waals surface area contributed by atoms with E-state index in [0.29, 0.717) is 40.8 Å². The van der Waals surface area contributed by atoms with Crippen LogP contribution in [0.3, 0.4) is 0 Å². The van der Waals surface area contributed by atoms with E-state index < -0.39 is 0 Å². The van der Waals surface area contributed by atoms with E-state index in [1.807, 2.05) is 0 Å². The number of nitrogens with one attached hydrogen (secondary N) is 1. The van der Waals surface area contributed by atoms with Crippen LogP contribution in [-0.2, 0) is 6.54 Å². The summed E-state index contributed by atoms with van der Waals surface area (Å²) in [7, 11) is 0. The maximum Gasteiger partial charge on any atom is 0.322 e. The van der Waals surface area contributed by atoms with Gasteiger partial charge in [-0.1, -0.05) is 41.4 Å². The SMILES string of the molecule is CC(=O)c1cccc(NC(=O)N(CCCO)Cc2ccc(Cl)c(Cl)c2)c1. The van der Waals surface area contributed by atoms with E-state index >= 15 is 0 Å². The molecule has 0 saturated heterocycles. The molecule has 0 fully saturated rings. The van der Waals surface area contributed by atoms with Gasteiger partial charge in [0.15, 0.2) is 5.78 Å². The van der Waals surface area contributed by atoms with Crippen molar-refractivity contribution in [2.75, 3.05) is 18.5 Å². The minimum absolute atomic E-state index is 0.0228. The van der Waals surface area contributed by atoms with Crippen LogP contribution < -0.4 is 5.32 Å². The molecule has 0 aliphatic carbocycles. The van der Waals surface area contributed by atoms with Crippen molar-refractivity contribution in [2.45, 2.75) is 19.9 Å². The van der Waals surface area contributed by atoms with Crippen molar-refractivity contribution in [2.24, 2.45) is 0 Å². The van der Waals surface area contributed by atoms with E-state index in [4.69, 9.17) is 28.3 Å². The van der Waals surface area contributed by atoms with Crippen molar-refractivity contribution in [3.63, 3.8) is 0 Å². The van der Waals surface area contributed by atoms with Gasteiger partial charge < -0.3 is 15.3 Å². The van der Waals surface area contributed by atoms with Crippen molar-refractivity contribution in [3.8, 4) is 0 Å². The number of Topliss-reactive ketones (excluding diaryl/α,β-unsaturated/α-hetero) is 1. The molecule has 0 unspecified atom stereocenters. The number of urea groups is 1. The summed E-state index contributed by atoms with van der Waals surface area (Å²) in [5, 5.41) is 12.7. The number of aliphatic hydroxyl groups is 1. The molecular weight excluding hydrogens is 375 g/mol. The molecule has 0 heterocycles. The van der Waals surface area contributed by atoms with Crippen LogP contribution in [0.5, 0.6) is 0 Å². The fraction of sp³-hybridized carbons (Fsp3) is 0.263. The fourth-order valence-corrected chi connectivity index (χ4v) is 2.71. The lowest BCUT2D eigenvalue weighted by atomic mass is 10.1. The molecule has 2 rings (SSSR count). The number of benzene rings is 2. The summed E-state index contributed by atoms with van der Waals surface area (Å²) >= 11 is 12.0. The largest absolute Gasteiger partial charge is 0.396 e. The molecular formula is C19H20Cl2N2O3. The first-order valence-electron chi connectivity index (χ1n) is 8.12. The lowest BCUT2D eigenvalue weighted by molar-refractivity contribution is 0.101. The highest BCUT2D eigenvalue weighted by molar-refractivity contribution is 6.42. The summed E-state index contributed by atoms with van der Waals surface area (Å²) in [5.41, 5.74) is 1.88. The Morgan fingerprint density at radius 1 is 1.12 bits per heavy atom. The maximum absolute atomic E-state index is 12.6. The number of ketones is 1. The van der Waals surface area contributed by atoms with E-state index in [-0.39, 0.29) is 18.4 Å². The highest BCUT2D eigenvalue weighted by Crippen LogP contribution is 2.23. The van der Waals surface area contributed by atoms with Gasteiger partial charge in [0.1, 0.15) is 0 Å². The van der Waals surface area contributed by atoms with Gasteiger partial charge >= 0.3 is 6.03 Å². The minimum atomic E-state index is -0.328. The molecule has 2 aromatic carbocycles. The van der Waals surface area contributed by atoms with Crippen molar-refractivity contribution in [1.82, 2.24) is 4.90 Å². The second-order valence-corrected chi connectivity index (χ2v) is 6.63. The number of hydrogen-bond acceptors (Lipinski definition) is 3. The molecule has 0 bridgehead atoms. The Morgan fingerprint density at radius 2 is 1.88 bits per heavy atom. The summed E-state index contributed by atoms with van der Waals surface area (Å²) in [6.07, 6.45) is 0.447. The van der Waals surface area contributed by atoms with Crippen molar-refractivity contribution < 1.29 is 14.7 Å². The highest BCUT2D eigenvalue weighted by Gasteiger charge is 2.15. The predicted molar refractivity (Wildman–Crippen MR) is 104 cm³/mol. The first-order chi connectivity index (χ1) is 12.4. The number of aliphatic hydroxyl groups excluding tert-OH is 1. The normalized spacial score (nSPS) is 10.5. The molecule has 7 heteroatoms. The minimum Gasteiger partial charge on any atom is -0.396 e. The molecule has 0 atom stereocenters. The molecule has 2 aromatic rings. The Morgan fingerprint density at radius 3 is 2.54 bits per heavy atom. The summed E-state index contributed by atoms with van der Waals surface area (Å²) in [6, 6.07) is 11.6. The third-order valence-corrected chi connectivity index (χ3v) is 4.49. The van der Waals surface area contributed by atoms with E-state index in [1.165, 1.54) is 6.92 Å². The second kappa shape index (κ2) is 9.57. The number of rotatable bonds is 7. The lowest BCUT2D eigenvalue weighted by Crippen LogP contribution is -2.35. The molecule has 138 valence electrons. The average molecular weight is 395 g/mol. The quantitative estimate of drug-likeness (QED) is 0.673. The van der Waals surface area contributed by atoms with E-state index in [0.717, 1.165) is 5.56 Å². The molecule has 0 aromatic heterocycles. The van der Waals surface area contributed by atoms with Gasteiger partial charge in [0.05, 0.1) is 10.0 Å². The zero-order valence-electron chi connectivity index (χ0n) is 14.3. The van der Waals surface area contributed by atoms with Crippen LogP contribution in [0.4, 0.5) is 10.5 Å². The van der Waals surface area contributed by atoms with Crippen LogP contribution in [0.25, 0.3) is 0 Å². The lowest BCUT2D eigenvalue weighted by Gasteiger charge is -2.23. The third-order valence-electron chi connectivity index (χ3n) is 3.75. The zero-order valence-corrected chi connectivity index (χ0v) is 15.8. The monoisotopic (exact) mass is 394 g/mol. The molecule has 0 aliphatic heterocycles. The fourth-order valence-electron chi connectivity index (χ4n) is 2.39. The number of nitrogens with zero attached hydrogens (tertiary/aromatic N) is 1. The molecule has 2 amide bonds. The summed E-state index contributed by atoms with van der Waals surface area (Å²) < 4.78 is 0. The van der Waals surface area contributed by atoms with Crippen LogP contribution in [0.1, 0.15) is 29.3 Å². The number of carbonyl (C=O) groups is 2. The molecule has 26 heavy (non-hydrogen) atoms. The van der Waals surface area contributed by atoms with Gasteiger partial charge in [0.25, 0.3) is 0 Å². The topological polar surface area (TPSA) is 69.6 Å². The number of amides is 2. The Balaban J connectivity index is 2.14. The smallest absolute Gasteiger partial charge is 0.322 e. The van der Waals surface area contributed by atoms with Gasteiger partial charge in [0, 0.05) is 30.9 Å². The van der Waals surface area contributed by atoms with Crippen LogP contribution >= 0.6 is 23.2 Å². The number of anilines is 1. The Bertz CT molecular complexity index is 796. The Kier molecular flexibility index (Phi) is 7.45. The average Bonchev–Trinajstić information content (AvgIpc) is 2.61. The Labute approximate surface area is 162 Å². The van der Waals surface area contributed by atoms with Crippen LogP contribution in [0.2, 0.25) is 10.0 Å². The van der Waals surface area contributed by atoms with Crippen LogP contribution in [0.15, 0.2) is 42.5 Å². The van der Waals surface area contributed by atoms with Gasteiger partial charge in [-0.25, -0.2) is 4.79 Å².